The van der Waals surface area contributed by atoms with Crippen molar-refractivity contribution in [1.82, 2.24) is 9.88 Å². The van der Waals surface area contributed by atoms with Crippen LogP contribution in [-0.4, -0.2) is 22.8 Å². The number of aryl methyl sites for hydroxylation is 1. The Labute approximate surface area is 122 Å². The number of nitrogens with zero attached hydrogens (tertiary/aromatic N) is 1. The topological polar surface area (TPSA) is 51.1 Å². The first-order chi connectivity index (χ1) is 9.58. The molecular weight excluding hydrogens is 276 g/mol. The summed E-state index contributed by atoms with van der Waals surface area (Å²) in [6.45, 7) is 0.413. The van der Waals surface area contributed by atoms with Gasteiger partial charge in [0.1, 0.15) is 0 Å². The van der Waals surface area contributed by atoms with Crippen LogP contribution >= 0.6 is 11.6 Å². The molecule has 2 aromatic rings. The molecule has 0 bridgehead atoms. The van der Waals surface area contributed by atoms with Gasteiger partial charge in [-0.1, -0.05) is 23.7 Å². The van der Waals surface area contributed by atoms with Crippen LogP contribution in [-0.2, 0) is 18.3 Å². The van der Waals surface area contributed by atoms with E-state index in [9.17, 15) is 9.59 Å². The second-order valence-corrected chi connectivity index (χ2v) is 4.90. The van der Waals surface area contributed by atoms with Crippen LogP contribution in [0.2, 0.25) is 5.02 Å². The maximum Gasteiger partial charge on any atom is 0.294 e. The third kappa shape index (κ3) is 3.48. The third-order valence-electron chi connectivity index (χ3n) is 3.00. The zero-order valence-corrected chi connectivity index (χ0v) is 11.9. The molecule has 20 heavy (non-hydrogen) atoms. The van der Waals surface area contributed by atoms with Crippen LogP contribution in [0.4, 0.5) is 0 Å². The SMILES string of the molecule is Cn1cccc1C(=O)C(=O)NCCc1ccc(Cl)cc1. The normalized spacial score (nSPS) is 10.3. The molecule has 0 saturated heterocycles. The summed E-state index contributed by atoms with van der Waals surface area (Å²) in [4.78, 5) is 23.6. The monoisotopic (exact) mass is 290 g/mol. The molecule has 0 aliphatic heterocycles. The summed E-state index contributed by atoms with van der Waals surface area (Å²) < 4.78 is 1.63. The van der Waals surface area contributed by atoms with E-state index in [1.165, 1.54) is 0 Å². The van der Waals surface area contributed by atoms with E-state index in [0.29, 0.717) is 23.7 Å². The number of carbonyl (C=O) groups excluding carboxylic acids is 2. The first-order valence-corrected chi connectivity index (χ1v) is 6.64. The van der Waals surface area contributed by atoms with Crippen molar-refractivity contribution < 1.29 is 9.59 Å². The Morgan fingerprint density at radius 2 is 1.90 bits per heavy atom. The number of rotatable bonds is 5. The number of aromatic nitrogens is 1. The first kappa shape index (κ1) is 14.3. The Kier molecular flexibility index (Phi) is 4.58. The molecule has 1 N–H and O–H groups in total. The summed E-state index contributed by atoms with van der Waals surface area (Å²) in [6.07, 6.45) is 2.39. The van der Waals surface area contributed by atoms with Crippen LogP contribution < -0.4 is 5.32 Å². The molecule has 1 amide bonds. The summed E-state index contributed by atoms with van der Waals surface area (Å²) in [5.41, 5.74) is 1.44. The molecule has 4 nitrogen and oxygen atoms in total. The van der Waals surface area contributed by atoms with E-state index in [2.05, 4.69) is 5.32 Å². The average molecular weight is 291 g/mol. The molecule has 0 spiro atoms. The van der Waals surface area contributed by atoms with Gasteiger partial charge in [-0.2, -0.15) is 0 Å². The van der Waals surface area contributed by atoms with Gasteiger partial charge in [0.25, 0.3) is 11.7 Å². The minimum Gasteiger partial charge on any atom is -0.349 e. The molecule has 2 rings (SSSR count). The van der Waals surface area contributed by atoms with Crippen molar-refractivity contribution in [3.63, 3.8) is 0 Å². The number of nitrogens with one attached hydrogen (secondary N) is 1. The lowest BCUT2D eigenvalue weighted by Gasteiger charge is -2.05. The average Bonchev–Trinajstić information content (AvgIpc) is 2.86. The number of hydrogen-bond donors (Lipinski definition) is 1. The standard InChI is InChI=1S/C15H15ClN2O2/c1-18-10-2-3-13(18)14(19)15(20)17-9-8-11-4-6-12(16)7-5-11/h2-7,10H,8-9H2,1H3,(H,17,20). The van der Waals surface area contributed by atoms with Crippen molar-refractivity contribution in [2.24, 2.45) is 7.05 Å². The third-order valence-corrected chi connectivity index (χ3v) is 3.25. The van der Waals surface area contributed by atoms with Crippen LogP contribution in [0.3, 0.4) is 0 Å². The lowest BCUT2D eigenvalue weighted by atomic mass is 10.1. The second kappa shape index (κ2) is 6.39. The zero-order valence-electron chi connectivity index (χ0n) is 11.1. The highest BCUT2D eigenvalue weighted by atomic mass is 35.5. The van der Waals surface area contributed by atoms with Crippen LogP contribution in [0, 0.1) is 0 Å². The summed E-state index contributed by atoms with van der Waals surface area (Å²) in [5, 5.41) is 3.30. The van der Waals surface area contributed by atoms with E-state index in [-0.39, 0.29) is 0 Å². The molecule has 0 fully saturated rings. The van der Waals surface area contributed by atoms with Gasteiger partial charge < -0.3 is 9.88 Å². The minimum atomic E-state index is -0.583. The van der Waals surface area contributed by atoms with Gasteiger partial charge >= 0.3 is 0 Å². The molecule has 0 aliphatic rings. The number of hydrogen-bond acceptors (Lipinski definition) is 2. The van der Waals surface area contributed by atoms with Gasteiger partial charge in [-0.3, -0.25) is 9.59 Å². The number of halogens is 1. The van der Waals surface area contributed by atoms with E-state index >= 15 is 0 Å². The van der Waals surface area contributed by atoms with E-state index < -0.39 is 11.7 Å². The van der Waals surface area contributed by atoms with Crippen LogP contribution in [0.15, 0.2) is 42.6 Å². The molecule has 5 heteroatoms. The predicted molar refractivity (Wildman–Crippen MR) is 77.9 cm³/mol. The Morgan fingerprint density at radius 1 is 1.20 bits per heavy atom. The smallest absolute Gasteiger partial charge is 0.294 e. The molecule has 0 atom stereocenters. The van der Waals surface area contributed by atoms with Crippen molar-refractivity contribution in [2.75, 3.05) is 6.54 Å². The summed E-state index contributed by atoms with van der Waals surface area (Å²) in [6, 6.07) is 10.7. The Balaban J connectivity index is 1.85. The summed E-state index contributed by atoms with van der Waals surface area (Å²) in [7, 11) is 1.73. The maximum absolute atomic E-state index is 11.9. The van der Waals surface area contributed by atoms with Crippen molar-refractivity contribution in [2.45, 2.75) is 6.42 Å². The largest absolute Gasteiger partial charge is 0.349 e. The lowest BCUT2D eigenvalue weighted by molar-refractivity contribution is -0.117. The summed E-state index contributed by atoms with van der Waals surface area (Å²) in [5.74, 6) is -1.10. The van der Waals surface area contributed by atoms with Gasteiger partial charge in [-0.15, -0.1) is 0 Å². The quantitative estimate of drug-likeness (QED) is 0.678. The fourth-order valence-electron chi connectivity index (χ4n) is 1.87. The number of carbonyl (C=O) groups is 2. The van der Waals surface area contributed by atoms with Gasteiger partial charge in [0.15, 0.2) is 0 Å². The Hall–Kier alpha value is -2.07. The van der Waals surface area contributed by atoms with Gasteiger partial charge in [0.05, 0.1) is 5.69 Å². The van der Waals surface area contributed by atoms with Gasteiger partial charge in [-0.05, 0) is 36.2 Å². The van der Waals surface area contributed by atoms with Gasteiger partial charge in [0.2, 0.25) is 0 Å². The van der Waals surface area contributed by atoms with Gasteiger partial charge in [0, 0.05) is 24.8 Å². The van der Waals surface area contributed by atoms with Crippen LogP contribution in [0.25, 0.3) is 0 Å². The number of ketones is 1. The minimum absolute atomic E-state index is 0.383. The van der Waals surface area contributed by atoms with Crippen molar-refractivity contribution in [1.29, 1.82) is 0 Å². The number of Topliss-reactive ketones (excluding diaryl/α,β-unsaturated/α-hetero) is 1. The highest BCUT2D eigenvalue weighted by molar-refractivity contribution is 6.42. The molecule has 0 saturated carbocycles. The maximum atomic E-state index is 11.9. The molecule has 0 radical (unpaired) electrons. The Bertz CT molecular complexity index is 617. The van der Waals surface area contributed by atoms with Crippen LogP contribution in [0.5, 0.6) is 0 Å². The molecule has 104 valence electrons. The molecule has 1 heterocycles. The lowest BCUT2D eigenvalue weighted by Crippen LogP contribution is -2.33. The predicted octanol–water partition coefficient (Wildman–Crippen LogP) is 2.22. The van der Waals surface area contributed by atoms with Crippen LogP contribution in [0.1, 0.15) is 16.1 Å². The molecule has 1 aromatic heterocycles. The van der Waals surface area contributed by atoms with E-state index in [0.717, 1.165) is 5.56 Å². The highest BCUT2D eigenvalue weighted by Crippen LogP contribution is 2.09. The van der Waals surface area contributed by atoms with Crippen molar-refractivity contribution >= 4 is 23.3 Å². The van der Waals surface area contributed by atoms with E-state index in [1.807, 2.05) is 12.1 Å². The zero-order chi connectivity index (χ0) is 14.5. The second-order valence-electron chi connectivity index (χ2n) is 4.47. The molecule has 1 aromatic carbocycles. The van der Waals surface area contributed by atoms with E-state index in [1.54, 1.807) is 42.1 Å². The molecule has 0 unspecified atom stereocenters. The fraction of sp³-hybridized carbons (Fsp3) is 0.200. The van der Waals surface area contributed by atoms with Crippen molar-refractivity contribution in [3.8, 4) is 0 Å². The van der Waals surface area contributed by atoms with Gasteiger partial charge in [-0.25, -0.2) is 0 Å². The fourth-order valence-corrected chi connectivity index (χ4v) is 1.99. The van der Waals surface area contributed by atoms with E-state index in [4.69, 9.17) is 11.6 Å². The van der Waals surface area contributed by atoms with Crippen molar-refractivity contribution in [3.05, 3.63) is 58.9 Å². The molecular formula is C15H15ClN2O2. The first-order valence-electron chi connectivity index (χ1n) is 6.26. The number of amides is 1. The highest BCUT2D eigenvalue weighted by Gasteiger charge is 2.17. The molecule has 0 aliphatic carbocycles. The Morgan fingerprint density at radius 3 is 2.50 bits per heavy atom. The number of benzene rings is 1. The summed E-state index contributed by atoms with van der Waals surface area (Å²) >= 11 is 5.79.